The van der Waals surface area contributed by atoms with Gasteiger partial charge in [0.1, 0.15) is 0 Å². The molecular weight excluding hydrogens is 278 g/mol. The van der Waals surface area contributed by atoms with E-state index >= 15 is 0 Å². The van der Waals surface area contributed by atoms with Crippen LogP contribution in [0, 0.1) is 6.92 Å². The van der Waals surface area contributed by atoms with Crippen molar-refractivity contribution in [1.29, 1.82) is 0 Å². The quantitative estimate of drug-likeness (QED) is 0.450. The summed E-state index contributed by atoms with van der Waals surface area (Å²) in [5, 5.41) is 1.23. The van der Waals surface area contributed by atoms with Gasteiger partial charge >= 0.3 is 0 Å². The maximum absolute atomic E-state index is 4.89. The highest BCUT2D eigenvalue weighted by molar-refractivity contribution is 5.98. The van der Waals surface area contributed by atoms with E-state index in [0.717, 1.165) is 16.8 Å². The van der Waals surface area contributed by atoms with Crippen LogP contribution in [0.5, 0.6) is 0 Å². The predicted molar refractivity (Wildman–Crippen MR) is 97.4 cm³/mol. The fraction of sp³-hybridized carbons (Fsp3) is 0.0455. The minimum atomic E-state index is 1.02. The summed E-state index contributed by atoms with van der Waals surface area (Å²) in [7, 11) is 0. The van der Waals surface area contributed by atoms with E-state index in [-0.39, 0.29) is 0 Å². The molecule has 1 heteroatoms. The molecule has 0 atom stereocenters. The lowest BCUT2D eigenvalue weighted by molar-refractivity contribution is 1.38. The first-order chi connectivity index (χ1) is 11.3. The summed E-state index contributed by atoms with van der Waals surface area (Å²) in [5.41, 5.74) is 6.94. The molecule has 1 aromatic heterocycles. The normalized spacial score (nSPS) is 10.8. The van der Waals surface area contributed by atoms with E-state index in [1.54, 1.807) is 0 Å². The summed E-state index contributed by atoms with van der Waals surface area (Å²) in [6.07, 6.45) is 0. The van der Waals surface area contributed by atoms with Crippen molar-refractivity contribution in [3.8, 4) is 22.4 Å². The minimum Gasteiger partial charge on any atom is -0.248 e. The number of aryl methyl sites for hydroxylation is 1. The number of aromatic nitrogens is 1. The summed E-state index contributed by atoms with van der Waals surface area (Å²) in [6, 6.07) is 29.4. The monoisotopic (exact) mass is 295 g/mol. The van der Waals surface area contributed by atoms with Crippen molar-refractivity contribution in [2.24, 2.45) is 0 Å². The highest BCUT2D eigenvalue weighted by Gasteiger charge is 2.10. The average molecular weight is 295 g/mol. The Morgan fingerprint density at radius 1 is 0.652 bits per heavy atom. The smallest absolute Gasteiger partial charge is 0.0718 e. The minimum absolute atomic E-state index is 1.02. The Labute approximate surface area is 136 Å². The van der Waals surface area contributed by atoms with Crippen molar-refractivity contribution in [3.63, 3.8) is 0 Å². The molecule has 0 saturated carbocycles. The molecule has 0 fully saturated rings. The molecule has 1 heterocycles. The van der Waals surface area contributed by atoms with E-state index in [9.17, 15) is 0 Å². The van der Waals surface area contributed by atoms with E-state index in [4.69, 9.17) is 4.98 Å². The Bertz CT molecular complexity index is 957. The molecule has 3 aromatic carbocycles. The van der Waals surface area contributed by atoms with Crippen LogP contribution >= 0.6 is 0 Å². The largest absolute Gasteiger partial charge is 0.248 e. The fourth-order valence-electron chi connectivity index (χ4n) is 3.07. The van der Waals surface area contributed by atoms with Gasteiger partial charge in [-0.05, 0) is 35.7 Å². The molecule has 1 nitrogen and oxygen atoms in total. The lowest BCUT2D eigenvalue weighted by Crippen LogP contribution is -1.91. The molecule has 0 N–H and O–H groups in total. The van der Waals surface area contributed by atoms with Crippen molar-refractivity contribution < 1.29 is 0 Å². The van der Waals surface area contributed by atoms with Gasteiger partial charge in [0, 0.05) is 10.9 Å². The van der Waals surface area contributed by atoms with Crippen LogP contribution in [0.4, 0.5) is 0 Å². The van der Waals surface area contributed by atoms with Gasteiger partial charge in [-0.1, -0.05) is 72.8 Å². The lowest BCUT2D eigenvalue weighted by atomic mass is 9.96. The standard InChI is InChI=1S/C22H17N/c1-16-9-8-14-20-22(16)19(17-10-4-2-5-11-17)15-21(23-20)18-12-6-3-7-13-18/h2-15H,1H3. The van der Waals surface area contributed by atoms with E-state index in [0.29, 0.717) is 0 Å². The van der Waals surface area contributed by atoms with Crippen molar-refractivity contribution in [3.05, 3.63) is 90.5 Å². The van der Waals surface area contributed by atoms with E-state index < -0.39 is 0 Å². The second kappa shape index (κ2) is 5.69. The average Bonchev–Trinajstić information content (AvgIpc) is 2.62. The molecule has 0 spiro atoms. The van der Waals surface area contributed by atoms with Crippen LogP contribution in [-0.4, -0.2) is 4.98 Å². The van der Waals surface area contributed by atoms with Crippen molar-refractivity contribution >= 4 is 10.9 Å². The fourth-order valence-corrected chi connectivity index (χ4v) is 3.07. The first-order valence-corrected chi connectivity index (χ1v) is 7.84. The second-order valence-electron chi connectivity index (χ2n) is 5.76. The Morgan fingerprint density at radius 3 is 2.00 bits per heavy atom. The van der Waals surface area contributed by atoms with Gasteiger partial charge in [0.05, 0.1) is 11.2 Å². The Balaban J connectivity index is 2.06. The molecule has 4 rings (SSSR count). The van der Waals surface area contributed by atoms with Gasteiger partial charge in [-0.2, -0.15) is 0 Å². The molecule has 0 aliphatic heterocycles. The summed E-state index contributed by atoms with van der Waals surface area (Å²) < 4.78 is 0. The lowest BCUT2D eigenvalue weighted by Gasteiger charge is -2.12. The molecule has 0 bridgehead atoms. The molecule has 0 amide bonds. The predicted octanol–water partition coefficient (Wildman–Crippen LogP) is 5.88. The second-order valence-corrected chi connectivity index (χ2v) is 5.76. The summed E-state index contributed by atoms with van der Waals surface area (Å²) >= 11 is 0. The van der Waals surface area contributed by atoms with Crippen LogP contribution in [0.3, 0.4) is 0 Å². The van der Waals surface area contributed by atoms with Gasteiger partial charge in [0.25, 0.3) is 0 Å². The van der Waals surface area contributed by atoms with Crippen LogP contribution < -0.4 is 0 Å². The number of hydrogen-bond acceptors (Lipinski definition) is 1. The highest BCUT2D eigenvalue weighted by atomic mass is 14.7. The number of fused-ring (bicyclic) bond motifs is 1. The third-order valence-electron chi connectivity index (χ3n) is 4.20. The van der Waals surface area contributed by atoms with E-state index in [2.05, 4.69) is 85.8 Å². The van der Waals surface area contributed by atoms with Crippen molar-refractivity contribution in [2.75, 3.05) is 0 Å². The number of benzene rings is 3. The molecule has 0 radical (unpaired) electrons. The summed E-state index contributed by atoms with van der Waals surface area (Å²) in [4.78, 5) is 4.89. The molecule has 23 heavy (non-hydrogen) atoms. The number of rotatable bonds is 2. The number of hydrogen-bond donors (Lipinski definition) is 0. The van der Waals surface area contributed by atoms with Gasteiger partial charge < -0.3 is 0 Å². The van der Waals surface area contributed by atoms with Crippen molar-refractivity contribution in [1.82, 2.24) is 4.98 Å². The SMILES string of the molecule is Cc1cccc2nc(-c3ccccc3)cc(-c3ccccc3)c12. The molecule has 0 aliphatic rings. The van der Waals surface area contributed by atoms with Gasteiger partial charge in [-0.15, -0.1) is 0 Å². The number of pyridine rings is 1. The zero-order valence-corrected chi connectivity index (χ0v) is 13.0. The Morgan fingerprint density at radius 2 is 1.30 bits per heavy atom. The molecular formula is C22H17N. The van der Waals surface area contributed by atoms with Crippen LogP contribution in [-0.2, 0) is 0 Å². The van der Waals surface area contributed by atoms with Crippen LogP contribution in [0.15, 0.2) is 84.9 Å². The maximum atomic E-state index is 4.89. The zero-order chi connectivity index (χ0) is 15.6. The van der Waals surface area contributed by atoms with Crippen LogP contribution in [0.2, 0.25) is 0 Å². The third-order valence-corrected chi connectivity index (χ3v) is 4.20. The first-order valence-electron chi connectivity index (χ1n) is 7.84. The molecule has 0 aliphatic carbocycles. The topological polar surface area (TPSA) is 12.9 Å². The van der Waals surface area contributed by atoms with Gasteiger partial charge in [0.2, 0.25) is 0 Å². The Hall–Kier alpha value is -2.93. The Kier molecular flexibility index (Phi) is 3.39. The van der Waals surface area contributed by atoms with Crippen molar-refractivity contribution in [2.45, 2.75) is 6.92 Å². The van der Waals surface area contributed by atoms with Gasteiger partial charge in [0.15, 0.2) is 0 Å². The van der Waals surface area contributed by atoms with Gasteiger partial charge in [-0.25, -0.2) is 4.98 Å². The first kappa shape index (κ1) is 13.7. The summed E-state index contributed by atoms with van der Waals surface area (Å²) in [5.74, 6) is 0. The molecule has 0 saturated heterocycles. The zero-order valence-electron chi connectivity index (χ0n) is 13.0. The molecule has 110 valence electrons. The highest BCUT2D eigenvalue weighted by Crippen LogP contribution is 2.33. The molecule has 4 aromatic rings. The van der Waals surface area contributed by atoms with Gasteiger partial charge in [-0.3, -0.25) is 0 Å². The summed E-state index contributed by atoms with van der Waals surface area (Å²) in [6.45, 7) is 2.15. The van der Waals surface area contributed by atoms with Crippen LogP contribution in [0.1, 0.15) is 5.56 Å². The number of nitrogens with zero attached hydrogens (tertiary/aromatic N) is 1. The van der Waals surface area contributed by atoms with E-state index in [1.165, 1.54) is 22.1 Å². The molecule has 0 unspecified atom stereocenters. The third kappa shape index (κ3) is 2.51. The van der Waals surface area contributed by atoms with E-state index in [1.807, 2.05) is 6.07 Å². The van der Waals surface area contributed by atoms with Crippen LogP contribution in [0.25, 0.3) is 33.3 Å². The maximum Gasteiger partial charge on any atom is 0.0718 e.